The number of rotatable bonds is 14. The van der Waals surface area contributed by atoms with Crippen molar-refractivity contribution in [2.75, 3.05) is 39.0 Å². The lowest BCUT2D eigenvalue weighted by Crippen LogP contribution is -2.54. The number of halogens is 1. The van der Waals surface area contributed by atoms with E-state index >= 15 is 0 Å². The SMILES string of the molecule is CCCCCCCCS(=O)(=O)N1CCNC(CC(=O)NCCc2ccc(OC)c(Cl)c2)C1. The summed E-state index contributed by atoms with van der Waals surface area (Å²) in [6.45, 7) is 4.04. The van der Waals surface area contributed by atoms with Crippen LogP contribution in [0, 0.1) is 0 Å². The van der Waals surface area contributed by atoms with Gasteiger partial charge in [0.15, 0.2) is 0 Å². The molecule has 1 aromatic carbocycles. The summed E-state index contributed by atoms with van der Waals surface area (Å²) in [7, 11) is -1.70. The molecule has 1 aromatic rings. The maximum absolute atomic E-state index is 12.7. The van der Waals surface area contributed by atoms with Crippen LogP contribution >= 0.6 is 11.6 Å². The lowest BCUT2D eigenvalue weighted by Gasteiger charge is -2.32. The van der Waals surface area contributed by atoms with Crippen molar-refractivity contribution in [3.8, 4) is 5.75 Å². The fraction of sp³-hybridized carbons (Fsp3) is 0.696. The van der Waals surface area contributed by atoms with E-state index in [0.717, 1.165) is 18.4 Å². The summed E-state index contributed by atoms with van der Waals surface area (Å²) < 4.78 is 32.1. The van der Waals surface area contributed by atoms with Crippen molar-refractivity contribution in [2.45, 2.75) is 64.3 Å². The van der Waals surface area contributed by atoms with Crippen LogP contribution in [0.15, 0.2) is 18.2 Å². The van der Waals surface area contributed by atoms with Crippen molar-refractivity contribution in [3.05, 3.63) is 28.8 Å². The van der Waals surface area contributed by atoms with Crippen molar-refractivity contribution in [1.29, 1.82) is 0 Å². The summed E-state index contributed by atoms with van der Waals surface area (Å²) in [5.74, 6) is 0.735. The van der Waals surface area contributed by atoms with Gasteiger partial charge in [0, 0.05) is 38.6 Å². The van der Waals surface area contributed by atoms with Crippen molar-refractivity contribution in [1.82, 2.24) is 14.9 Å². The van der Waals surface area contributed by atoms with Crippen LogP contribution in [-0.4, -0.2) is 63.7 Å². The highest BCUT2D eigenvalue weighted by Gasteiger charge is 2.29. The Morgan fingerprint density at radius 2 is 2.00 bits per heavy atom. The summed E-state index contributed by atoms with van der Waals surface area (Å²) >= 11 is 6.14. The Balaban J connectivity index is 1.71. The quantitative estimate of drug-likeness (QED) is 0.393. The van der Waals surface area contributed by atoms with E-state index in [-0.39, 0.29) is 24.1 Å². The second-order valence-electron chi connectivity index (χ2n) is 8.37. The summed E-state index contributed by atoms with van der Waals surface area (Å²) in [6.07, 6.45) is 7.24. The van der Waals surface area contributed by atoms with E-state index in [4.69, 9.17) is 16.3 Å². The van der Waals surface area contributed by atoms with Gasteiger partial charge in [0.25, 0.3) is 0 Å². The number of nitrogens with zero attached hydrogens (tertiary/aromatic N) is 1. The predicted molar refractivity (Wildman–Crippen MR) is 130 cm³/mol. The number of methoxy groups -OCH3 is 1. The number of unbranched alkanes of at least 4 members (excludes halogenated alkanes) is 5. The molecule has 0 radical (unpaired) electrons. The van der Waals surface area contributed by atoms with Gasteiger partial charge in [-0.15, -0.1) is 0 Å². The zero-order valence-corrected chi connectivity index (χ0v) is 20.9. The van der Waals surface area contributed by atoms with Gasteiger partial charge in [0.1, 0.15) is 5.75 Å². The number of hydrogen-bond donors (Lipinski definition) is 2. The summed E-state index contributed by atoms with van der Waals surface area (Å²) in [4.78, 5) is 12.4. The molecule has 1 atom stereocenters. The highest BCUT2D eigenvalue weighted by Crippen LogP contribution is 2.25. The molecule has 1 aliphatic rings. The maximum Gasteiger partial charge on any atom is 0.221 e. The van der Waals surface area contributed by atoms with Gasteiger partial charge in [-0.05, 0) is 30.5 Å². The second-order valence-corrected chi connectivity index (χ2v) is 10.9. The molecule has 7 nitrogen and oxygen atoms in total. The second kappa shape index (κ2) is 14.0. The standard InChI is InChI=1S/C23H38ClN3O4S/c1-3-4-5-6-7-8-15-32(29,30)27-14-13-25-20(18-27)17-23(28)26-12-11-19-9-10-22(31-2)21(24)16-19/h9-10,16,20,25H,3-8,11-15,17-18H2,1-2H3,(H,26,28). The number of benzene rings is 1. The molecule has 0 saturated carbocycles. The molecule has 2 rings (SSSR count). The van der Waals surface area contributed by atoms with E-state index in [1.54, 1.807) is 11.4 Å². The number of carbonyl (C=O) groups excluding carboxylic acids is 1. The van der Waals surface area contributed by atoms with Crippen molar-refractivity contribution < 1.29 is 17.9 Å². The molecule has 182 valence electrons. The lowest BCUT2D eigenvalue weighted by atomic mass is 10.1. The van der Waals surface area contributed by atoms with Crippen LogP contribution in [0.1, 0.15) is 57.4 Å². The Morgan fingerprint density at radius 3 is 2.72 bits per heavy atom. The highest BCUT2D eigenvalue weighted by molar-refractivity contribution is 7.89. The van der Waals surface area contributed by atoms with Gasteiger partial charge in [0.05, 0.1) is 17.9 Å². The zero-order valence-electron chi connectivity index (χ0n) is 19.4. The lowest BCUT2D eigenvalue weighted by molar-refractivity contribution is -0.121. The topological polar surface area (TPSA) is 87.7 Å². The van der Waals surface area contributed by atoms with Crippen LogP contribution in [0.2, 0.25) is 5.02 Å². The molecule has 1 amide bonds. The summed E-state index contributed by atoms with van der Waals surface area (Å²) in [5, 5.41) is 6.74. The number of sulfonamides is 1. The van der Waals surface area contributed by atoms with E-state index in [0.29, 0.717) is 49.8 Å². The first-order chi connectivity index (χ1) is 15.4. The number of piperazine rings is 1. The molecular formula is C23H38ClN3O4S. The molecule has 9 heteroatoms. The van der Waals surface area contributed by atoms with Crippen LogP contribution in [0.25, 0.3) is 0 Å². The smallest absolute Gasteiger partial charge is 0.221 e. The van der Waals surface area contributed by atoms with Gasteiger partial charge in [-0.2, -0.15) is 4.31 Å². The molecule has 0 bridgehead atoms. The molecule has 0 spiro atoms. The highest BCUT2D eigenvalue weighted by atomic mass is 35.5. The first-order valence-electron chi connectivity index (χ1n) is 11.7. The Labute approximate surface area is 198 Å². The van der Waals surface area contributed by atoms with Gasteiger partial charge < -0.3 is 15.4 Å². The fourth-order valence-electron chi connectivity index (χ4n) is 3.89. The number of nitrogens with one attached hydrogen (secondary N) is 2. The Kier molecular flexibility index (Phi) is 11.8. The Hall–Kier alpha value is -1.35. The number of hydrogen-bond acceptors (Lipinski definition) is 5. The van der Waals surface area contributed by atoms with Crippen LogP contribution in [0.5, 0.6) is 5.75 Å². The summed E-state index contributed by atoms with van der Waals surface area (Å²) in [6, 6.07) is 5.40. The molecule has 0 aliphatic carbocycles. The maximum atomic E-state index is 12.7. The van der Waals surface area contributed by atoms with Crippen molar-refractivity contribution in [3.63, 3.8) is 0 Å². The third-order valence-corrected chi connectivity index (χ3v) is 7.97. The van der Waals surface area contributed by atoms with Crippen LogP contribution in [0.4, 0.5) is 0 Å². The molecule has 2 N–H and O–H groups in total. The minimum absolute atomic E-state index is 0.0859. The zero-order chi connectivity index (χ0) is 23.4. The van der Waals surface area contributed by atoms with E-state index < -0.39 is 10.0 Å². The average Bonchev–Trinajstić information content (AvgIpc) is 2.76. The third kappa shape index (κ3) is 9.25. The van der Waals surface area contributed by atoms with E-state index in [1.165, 1.54) is 19.3 Å². The van der Waals surface area contributed by atoms with Gasteiger partial charge in [-0.3, -0.25) is 4.79 Å². The fourth-order valence-corrected chi connectivity index (χ4v) is 5.77. The van der Waals surface area contributed by atoms with Gasteiger partial charge in [0.2, 0.25) is 15.9 Å². The molecule has 1 unspecified atom stereocenters. The normalized spacial score (nSPS) is 17.3. The van der Waals surface area contributed by atoms with Crippen molar-refractivity contribution in [2.24, 2.45) is 0 Å². The molecule has 1 aliphatic heterocycles. The van der Waals surface area contributed by atoms with Crippen molar-refractivity contribution >= 4 is 27.5 Å². The van der Waals surface area contributed by atoms with E-state index in [9.17, 15) is 13.2 Å². The monoisotopic (exact) mass is 487 g/mol. The Morgan fingerprint density at radius 1 is 1.25 bits per heavy atom. The number of amides is 1. The van der Waals surface area contributed by atoms with Gasteiger partial charge in [-0.25, -0.2) is 8.42 Å². The van der Waals surface area contributed by atoms with Crippen LogP contribution in [0.3, 0.4) is 0 Å². The molecule has 1 heterocycles. The van der Waals surface area contributed by atoms with Gasteiger partial charge in [-0.1, -0.05) is 56.7 Å². The minimum atomic E-state index is -3.27. The van der Waals surface area contributed by atoms with Crippen LogP contribution < -0.4 is 15.4 Å². The first kappa shape index (κ1) is 26.9. The number of carbonyl (C=O) groups is 1. The molecule has 0 aromatic heterocycles. The summed E-state index contributed by atoms with van der Waals surface area (Å²) in [5.41, 5.74) is 1.01. The molecular weight excluding hydrogens is 450 g/mol. The molecule has 32 heavy (non-hydrogen) atoms. The number of ether oxygens (including phenoxy) is 1. The van der Waals surface area contributed by atoms with Crippen LogP contribution in [-0.2, 0) is 21.2 Å². The molecule has 1 fully saturated rings. The predicted octanol–water partition coefficient (Wildman–Crippen LogP) is 3.36. The average molecular weight is 488 g/mol. The largest absolute Gasteiger partial charge is 0.495 e. The van der Waals surface area contributed by atoms with E-state index in [2.05, 4.69) is 17.6 Å². The van der Waals surface area contributed by atoms with Gasteiger partial charge >= 0.3 is 0 Å². The van der Waals surface area contributed by atoms with E-state index in [1.807, 2.05) is 18.2 Å². The Bertz CT molecular complexity index is 819. The third-order valence-electron chi connectivity index (χ3n) is 5.75. The first-order valence-corrected chi connectivity index (χ1v) is 13.6. The minimum Gasteiger partial charge on any atom is -0.495 e. The molecule has 1 saturated heterocycles.